The van der Waals surface area contributed by atoms with Gasteiger partial charge in [-0.25, -0.2) is 9.67 Å². The molecule has 0 bridgehead atoms. The van der Waals surface area contributed by atoms with Crippen LogP contribution < -0.4 is 10.6 Å². The Bertz CT molecular complexity index is 1010. The maximum atomic E-state index is 12.4. The molecule has 0 atom stereocenters. The van der Waals surface area contributed by atoms with E-state index >= 15 is 0 Å². The number of benzene rings is 1. The van der Waals surface area contributed by atoms with Crippen molar-refractivity contribution in [1.82, 2.24) is 19.7 Å². The van der Waals surface area contributed by atoms with E-state index in [2.05, 4.69) is 25.7 Å². The molecule has 2 aromatic heterocycles. The first-order valence-corrected chi connectivity index (χ1v) is 10.1. The summed E-state index contributed by atoms with van der Waals surface area (Å²) in [5.74, 6) is 1.65. The lowest BCUT2D eigenvalue weighted by molar-refractivity contribution is -0.119. The van der Waals surface area contributed by atoms with Crippen molar-refractivity contribution in [1.29, 1.82) is 0 Å². The number of rotatable bonds is 6. The van der Waals surface area contributed by atoms with Gasteiger partial charge < -0.3 is 10.6 Å². The molecule has 0 spiro atoms. The Labute approximate surface area is 170 Å². The number of anilines is 2. The van der Waals surface area contributed by atoms with Gasteiger partial charge in [0.15, 0.2) is 5.82 Å². The Hall–Kier alpha value is -3.22. The van der Waals surface area contributed by atoms with Gasteiger partial charge in [-0.05, 0) is 50.5 Å². The van der Waals surface area contributed by atoms with Gasteiger partial charge in [0.2, 0.25) is 5.91 Å². The van der Waals surface area contributed by atoms with Crippen molar-refractivity contribution in [3.8, 4) is 5.82 Å². The number of nitrogens with zero attached hydrogens (tertiary/aromatic N) is 4. The molecule has 2 heterocycles. The van der Waals surface area contributed by atoms with E-state index < -0.39 is 0 Å². The minimum Gasteiger partial charge on any atom is -0.365 e. The summed E-state index contributed by atoms with van der Waals surface area (Å²) in [6.45, 7) is 4.53. The maximum Gasteiger partial charge on any atom is 0.227 e. The summed E-state index contributed by atoms with van der Waals surface area (Å²) >= 11 is 0. The lowest BCUT2D eigenvalue weighted by atomic mass is 10.1. The normalized spacial score (nSPS) is 14.1. The second kappa shape index (κ2) is 8.43. The third-order valence-corrected chi connectivity index (χ3v) is 5.24. The number of carbonyl (C=O) groups excluding carboxylic acids is 1. The van der Waals surface area contributed by atoms with E-state index in [1.165, 1.54) is 0 Å². The van der Waals surface area contributed by atoms with Crippen molar-refractivity contribution in [2.45, 2.75) is 46.1 Å². The second-order valence-electron chi connectivity index (χ2n) is 7.63. The first-order chi connectivity index (χ1) is 14.1. The summed E-state index contributed by atoms with van der Waals surface area (Å²) in [5.41, 5.74) is 3.86. The van der Waals surface area contributed by atoms with Crippen LogP contribution in [0.4, 0.5) is 11.5 Å². The minimum absolute atomic E-state index is 0.135. The standard InChI is InChI=1S/C22H26N6O/c1-15-10-16(2)28(27-15)21-14-23-13-20(26-21)24-12-17-6-5-9-19(11-17)25-22(29)18-7-3-4-8-18/h5-6,9-11,13-14,18H,3-4,7-8,12H2,1-2H3,(H,24,26)(H,25,29). The van der Waals surface area contributed by atoms with Crippen molar-refractivity contribution >= 4 is 17.4 Å². The van der Waals surface area contributed by atoms with Gasteiger partial charge in [-0.3, -0.25) is 9.78 Å². The average Bonchev–Trinajstić information content (AvgIpc) is 3.37. The summed E-state index contributed by atoms with van der Waals surface area (Å²) in [7, 11) is 0. The molecule has 2 N–H and O–H groups in total. The van der Waals surface area contributed by atoms with Crippen LogP contribution in [0.5, 0.6) is 0 Å². The van der Waals surface area contributed by atoms with Gasteiger partial charge in [0.1, 0.15) is 5.82 Å². The van der Waals surface area contributed by atoms with Gasteiger partial charge >= 0.3 is 0 Å². The molecule has 0 aliphatic heterocycles. The van der Waals surface area contributed by atoms with E-state index in [1.807, 2.05) is 44.2 Å². The molecule has 1 amide bonds. The average molecular weight is 390 g/mol. The van der Waals surface area contributed by atoms with Crippen molar-refractivity contribution in [2.24, 2.45) is 5.92 Å². The van der Waals surface area contributed by atoms with Crippen molar-refractivity contribution in [3.63, 3.8) is 0 Å². The predicted octanol–water partition coefficient (Wildman–Crippen LogP) is 4.02. The van der Waals surface area contributed by atoms with E-state index in [4.69, 9.17) is 0 Å². The largest absolute Gasteiger partial charge is 0.365 e. The molecule has 0 unspecified atom stereocenters. The highest BCUT2D eigenvalue weighted by Crippen LogP contribution is 2.26. The van der Waals surface area contributed by atoms with Crippen LogP contribution in [-0.4, -0.2) is 25.7 Å². The molecule has 0 radical (unpaired) electrons. The van der Waals surface area contributed by atoms with Gasteiger partial charge in [0.05, 0.1) is 18.1 Å². The first-order valence-electron chi connectivity index (χ1n) is 10.1. The Morgan fingerprint density at radius 2 is 2.00 bits per heavy atom. The third kappa shape index (κ3) is 4.62. The molecule has 150 valence electrons. The number of hydrogen-bond donors (Lipinski definition) is 2. The number of nitrogens with one attached hydrogen (secondary N) is 2. The van der Waals surface area contributed by atoms with Crippen LogP contribution in [0.15, 0.2) is 42.7 Å². The van der Waals surface area contributed by atoms with Crippen molar-refractivity contribution < 1.29 is 4.79 Å². The zero-order valence-electron chi connectivity index (χ0n) is 16.9. The molecule has 1 aromatic carbocycles. The highest BCUT2D eigenvalue weighted by Gasteiger charge is 2.22. The molecule has 0 saturated heterocycles. The van der Waals surface area contributed by atoms with Crippen molar-refractivity contribution in [2.75, 3.05) is 10.6 Å². The first kappa shape index (κ1) is 19.1. The monoisotopic (exact) mass is 390 g/mol. The van der Waals surface area contributed by atoms with Crippen LogP contribution in [0.1, 0.15) is 42.6 Å². The summed E-state index contributed by atoms with van der Waals surface area (Å²) in [6.07, 6.45) is 7.69. The molecule has 1 aliphatic rings. The van der Waals surface area contributed by atoms with E-state index in [0.29, 0.717) is 18.2 Å². The number of carbonyl (C=O) groups is 1. The Kier molecular flexibility index (Phi) is 5.55. The summed E-state index contributed by atoms with van der Waals surface area (Å²) in [5, 5.41) is 10.8. The van der Waals surface area contributed by atoms with Crippen LogP contribution >= 0.6 is 0 Å². The van der Waals surface area contributed by atoms with E-state index in [0.717, 1.165) is 48.3 Å². The van der Waals surface area contributed by atoms with E-state index in [9.17, 15) is 4.79 Å². The molecule has 1 fully saturated rings. The smallest absolute Gasteiger partial charge is 0.227 e. The zero-order chi connectivity index (χ0) is 20.2. The molecule has 1 saturated carbocycles. The van der Waals surface area contributed by atoms with Crippen LogP contribution in [-0.2, 0) is 11.3 Å². The van der Waals surface area contributed by atoms with Gasteiger partial charge in [-0.1, -0.05) is 25.0 Å². The fraction of sp³-hybridized carbons (Fsp3) is 0.364. The molecular weight excluding hydrogens is 364 g/mol. The van der Waals surface area contributed by atoms with Crippen LogP contribution in [0.3, 0.4) is 0 Å². The van der Waals surface area contributed by atoms with Gasteiger partial charge in [0, 0.05) is 23.8 Å². The Morgan fingerprint density at radius 1 is 1.17 bits per heavy atom. The zero-order valence-corrected chi connectivity index (χ0v) is 16.9. The number of aryl methyl sites for hydroxylation is 2. The van der Waals surface area contributed by atoms with Gasteiger partial charge in [-0.2, -0.15) is 5.10 Å². The summed E-state index contributed by atoms with van der Waals surface area (Å²) in [6, 6.07) is 9.92. The highest BCUT2D eigenvalue weighted by molar-refractivity contribution is 5.92. The van der Waals surface area contributed by atoms with Crippen molar-refractivity contribution in [3.05, 3.63) is 59.7 Å². The molecular formula is C22H26N6O. The van der Waals surface area contributed by atoms with Crippen LogP contribution in [0, 0.1) is 19.8 Å². The highest BCUT2D eigenvalue weighted by atomic mass is 16.1. The van der Waals surface area contributed by atoms with Gasteiger partial charge in [0.25, 0.3) is 0 Å². The number of hydrogen-bond acceptors (Lipinski definition) is 5. The molecule has 29 heavy (non-hydrogen) atoms. The van der Waals surface area contributed by atoms with Gasteiger partial charge in [-0.15, -0.1) is 0 Å². The molecule has 3 aromatic rings. The lowest BCUT2D eigenvalue weighted by Gasteiger charge is -2.12. The number of amides is 1. The van der Waals surface area contributed by atoms with E-state index in [-0.39, 0.29) is 11.8 Å². The van der Waals surface area contributed by atoms with Crippen LogP contribution in [0.2, 0.25) is 0 Å². The fourth-order valence-corrected chi connectivity index (χ4v) is 3.79. The maximum absolute atomic E-state index is 12.4. The molecule has 7 heteroatoms. The Morgan fingerprint density at radius 3 is 2.76 bits per heavy atom. The lowest BCUT2D eigenvalue weighted by Crippen LogP contribution is -2.20. The molecule has 1 aliphatic carbocycles. The minimum atomic E-state index is 0.135. The SMILES string of the molecule is Cc1cc(C)n(-c2cncc(NCc3cccc(NC(=O)C4CCCC4)c3)n2)n1. The van der Waals surface area contributed by atoms with Crippen LogP contribution in [0.25, 0.3) is 5.82 Å². The molecule has 7 nitrogen and oxygen atoms in total. The molecule has 4 rings (SSSR count). The second-order valence-corrected chi connectivity index (χ2v) is 7.63. The van der Waals surface area contributed by atoms with E-state index in [1.54, 1.807) is 17.1 Å². The fourth-order valence-electron chi connectivity index (χ4n) is 3.79. The summed E-state index contributed by atoms with van der Waals surface area (Å²) in [4.78, 5) is 21.2. The quantitative estimate of drug-likeness (QED) is 0.664. The number of aromatic nitrogens is 4. The third-order valence-electron chi connectivity index (χ3n) is 5.24. The summed E-state index contributed by atoms with van der Waals surface area (Å²) < 4.78 is 1.78. The topological polar surface area (TPSA) is 84.7 Å². The Balaban J connectivity index is 1.41. The predicted molar refractivity (Wildman–Crippen MR) is 113 cm³/mol.